The summed E-state index contributed by atoms with van der Waals surface area (Å²) in [6.45, 7) is 4.06. The number of aryl methyl sites for hydroxylation is 1. The van der Waals surface area contributed by atoms with Crippen LogP contribution in [0, 0.1) is 13.8 Å². The first kappa shape index (κ1) is 18.7. The Bertz CT molecular complexity index is 1140. The van der Waals surface area contributed by atoms with E-state index in [-0.39, 0.29) is 5.91 Å². The summed E-state index contributed by atoms with van der Waals surface area (Å²) in [5.74, 6) is 0.264. The predicted molar refractivity (Wildman–Crippen MR) is 118 cm³/mol. The van der Waals surface area contributed by atoms with Crippen molar-refractivity contribution in [1.29, 1.82) is 0 Å². The van der Waals surface area contributed by atoms with E-state index in [1.165, 1.54) is 11.8 Å². The minimum atomic E-state index is -0.0380. The molecule has 140 valence electrons. The fraction of sp³-hybridized carbons (Fsp3) is 0.136. The number of aromatic nitrogens is 2. The molecule has 1 N–H and O–H groups in total. The largest absolute Gasteiger partial charge is 0.325 e. The summed E-state index contributed by atoms with van der Waals surface area (Å²) in [6, 6.07) is 18.3. The fourth-order valence-corrected chi connectivity index (χ4v) is 4.74. The molecule has 0 radical (unpaired) electrons. The molecule has 0 fully saturated rings. The van der Waals surface area contributed by atoms with Gasteiger partial charge < -0.3 is 5.32 Å². The van der Waals surface area contributed by atoms with Gasteiger partial charge in [-0.25, -0.2) is 9.97 Å². The van der Waals surface area contributed by atoms with E-state index in [4.69, 9.17) is 0 Å². The number of carbonyl (C=O) groups excluding carboxylic acids is 1. The zero-order valence-corrected chi connectivity index (χ0v) is 17.2. The number of nitrogens with zero attached hydrogens (tertiary/aromatic N) is 2. The normalized spacial score (nSPS) is 10.9. The van der Waals surface area contributed by atoms with Crippen LogP contribution < -0.4 is 5.32 Å². The van der Waals surface area contributed by atoms with E-state index in [2.05, 4.69) is 33.5 Å². The van der Waals surface area contributed by atoms with Crippen molar-refractivity contribution in [1.82, 2.24) is 9.97 Å². The number of rotatable bonds is 5. The lowest BCUT2D eigenvalue weighted by atomic mass is 10.1. The molecule has 0 spiro atoms. The maximum absolute atomic E-state index is 12.4. The number of hydrogen-bond acceptors (Lipinski definition) is 5. The lowest BCUT2D eigenvalue weighted by Gasteiger charge is -2.10. The van der Waals surface area contributed by atoms with E-state index in [9.17, 15) is 4.79 Å². The zero-order valence-electron chi connectivity index (χ0n) is 15.6. The lowest BCUT2D eigenvalue weighted by Crippen LogP contribution is -2.15. The third kappa shape index (κ3) is 3.93. The number of anilines is 1. The highest BCUT2D eigenvalue weighted by molar-refractivity contribution is 8.00. The topological polar surface area (TPSA) is 54.9 Å². The maximum Gasteiger partial charge on any atom is 0.234 e. The van der Waals surface area contributed by atoms with Crippen molar-refractivity contribution < 1.29 is 4.79 Å². The van der Waals surface area contributed by atoms with Gasteiger partial charge >= 0.3 is 0 Å². The Morgan fingerprint density at radius 1 is 1.07 bits per heavy atom. The third-order valence-electron chi connectivity index (χ3n) is 4.57. The molecule has 4 aromatic rings. The third-order valence-corrected chi connectivity index (χ3v) is 6.67. The monoisotopic (exact) mass is 405 g/mol. The Hall–Kier alpha value is -2.70. The van der Waals surface area contributed by atoms with Gasteiger partial charge in [0.15, 0.2) is 0 Å². The summed E-state index contributed by atoms with van der Waals surface area (Å²) in [7, 11) is 0. The van der Waals surface area contributed by atoms with E-state index in [1.807, 2.05) is 50.2 Å². The Balaban J connectivity index is 1.51. The number of carbonyl (C=O) groups is 1. The molecule has 0 aliphatic carbocycles. The first-order chi connectivity index (χ1) is 13.6. The molecule has 0 bridgehead atoms. The molecular formula is C22H19N3OS2. The van der Waals surface area contributed by atoms with E-state index in [0.29, 0.717) is 5.75 Å². The molecular weight excluding hydrogens is 386 g/mol. The summed E-state index contributed by atoms with van der Waals surface area (Å²) in [4.78, 5) is 23.3. The van der Waals surface area contributed by atoms with Gasteiger partial charge in [-0.1, -0.05) is 54.2 Å². The quantitative estimate of drug-likeness (QED) is 0.341. The number of amides is 1. The second-order valence-electron chi connectivity index (χ2n) is 6.46. The highest BCUT2D eigenvalue weighted by atomic mass is 32.2. The van der Waals surface area contributed by atoms with E-state index >= 15 is 0 Å². The zero-order chi connectivity index (χ0) is 19.5. The standard InChI is InChI=1S/C22H19N3OS2/c1-14-7-6-10-18(15(14)2)25-20(26)12-27-21-17-11-19(16-8-4-3-5-9-16)28-22(17)24-13-23-21/h3-11,13H,12H2,1-2H3,(H,25,26). The number of benzene rings is 2. The Labute approximate surface area is 172 Å². The van der Waals surface area contributed by atoms with Gasteiger partial charge in [0, 0.05) is 16.0 Å². The molecule has 28 heavy (non-hydrogen) atoms. The first-order valence-corrected chi connectivity index (χ1v) is 10.7. The van der Waals surface area contributed by atoms with Crippen LogP contribution in [0.4, 0.5) is 5.69 Å². The van der Waals surface area contributed by atoms with Crippen LogP contribution in [0.1, 0.15) is 11.1 Å². The first-order valence-electron chi connectivity index (χ1n) is 8.90. The van der Waals surface area contributed by atoms with E-state index < -0.39 is 0 Å². The second kappa shape index (κ2) is 8.12. The molecule has 0 unspecified atom stereocenters. The van der Waals surface area contributed by atoms with Gasteiger partial charge in [0.1, 0.15) is 16.2 Å². The van der Waals surface area contributed by atoms with Crippen molar-refractivity contribution in [2.75, 3.05) is 11.1 Å². The van der Waals surface area contributed by atoms with Crippen LogP contribution in [0.15, 0.2) is 66.0 Å². The van der Waals surface area contributed by atoms with Crippen molar-refractivity contribution in [2.45, 2.75) is 18.9 Å². The summed E-state index contributed by atoms with van der Waals surface area (Å²) in [5, 5.41) is 4.83. The number of hydrogen-bond donors (Lipinski definition) is 1. The molecule has 4 rings (SSSR count). The van der Waals surface area contributed by atoms with Gasteiger partial charge in [-0.15, -0.1) is 11.3 Å². The number of thiophene rings is 1. The van der Waals surface area contributed by atoms with Crippen molar-refractivity contribution in [3.05, 3.63) is 72.1 Å². The molecule has 0 aliphatic rings. The SMILES string of the molecule is Cc1cccc(NC(=O)CSc2ncnc3sc(-c4ccccc4)cc23)c1C. The minimum absolute atomic E-state index is 0.0380. The summed E-state index contributed by atoms with van der Waals surface area (Å²) in [5.41, 5.74) is 4.28. The van der Waals surface area contributed by atoms with Gasteiger partial charge in [-0.3, -0.25) is 4.79 Å². The second-order valence-corrected chi connectivity index (χ2v) is 8.45. The van der Waals surface area contributed by atoms with Crippen LogP contribution in [-0.4, -0.2) is 21.6 Å². The fourth-order valence-electron chi connectivity index (χ4n) is 2.90. The van der Waals surface area contributed by atoms with E-state index in [1.54, 1.807) is 17.7 Å². The molecule has 4 nitrogen and oxygen atoms in total. The molecule has 0 aliphatic heterocycles. The van der Waals surface area contributed by atoms with Crippen molar-refractivity contribution >= 4 is 44.9 Å². The molecule has 0 atom stereocenters. The highest BCUT2D eigenvalue weighted by Crippen LogP contribution is 2.36. The van der Waals surface area contributed by atoms with Gasteiger partial charge in [0.05, 0.1) is 5.75 Å². The van der Waals surface area contributed by atoms with Crippen molar-refractivity contribution in [3.8, 4) is 10.4 Å². The summed E-state index contributed by atoms with van der Waals surface area (Å²) < 4.78 is 0. The van der Waals surface area contributed by atoms with E-state index in [0.717, 1.165) is 42.5 Å². The highest BCUT2D eigenvalue weighted by Gasteiger charge is 2.13. The van der Waals surface area contributed by atoms with Gasteiger partial charge in [0.25, 0.3) is 0 Å². The van der Waals surface area contributed by atoms with Crippen LogP contribution in [0.2, 0.25) is 0 Å². The maximum atomic E-state index is 12.4. The van der Waals surface area contributed by atoms with Crippen LogP contribution in [0.3, 0.4) is 0 Å². The molecule has 0 saturated carbocycles. The van der Waals surface area contributed by atoms with Crippen LogP contribution in [-0.2, 0) is 4.79 Å². The van der Waals surface area contributed by atoms with Gasteiger partial charge in [0.2, 0.25) is 5.91 Å². The average molecular weight is 406 g/mol. The smallest absolute Gasteiger partial charge is 0.234 e. The molecule has 2 aromatic carbocycles. The number of fused-ring (bicyclic) bond motifs is 1. The van der Waals surface area contributed by atoms with Crippen LogP contribution >= 0.6 is 23.1 Å². The number of nitrogens with one attached hydrogen (secondary N) is 1. The Morgan fingerprint density at radius 3 is 2.71 bits per heavy atom. The molecule has 2 aromatic heterocycles. The Kier molecular flexibility index (Phi) is 5.41. The number of thioether (sulfide) groups is 1. The molecule has 2 heterocycles. The van der Waals surface area contributed by atoms with Crippen LogP contribution in [0.5, 0.6) is 0 Å². The van der Waals surface area contributed by atoms with Gasteiger partial charge in [-0.2, -0.15) is 0 Å². The summed E-state index contributed by atoms with van der Waals surface area (Å²) in [6.07, 6.45) is 1.57. The average Bonchev–Trinajstić information content (AvgIpc) is 3.15. The lowest BCUT2D eigenvalue weighted by molar-refractivity contribution is -0.113. The predicted octanol–water partition coefficient (Wildman–Crippen LogP) is 5.71. The molecule has 1 amide bonds. The van der Waals surface area contributed by atoms with Crippen LogP contribution in [0.25, 0.3) is 20.7 Å². The Morgan fingerprint density at radius 2 is 1.89 bits per heavy atom. The van der Waals surface area contributed by atoms with Crippen molar-refractivity contribution in [2.24, 2.45) is 0 Å². The van der Waals surface area contributed by atoms with Gasteiger partial charge in [-0.05, 0) is 42.7 Å². The van der Waals surface area contributed by atoms with Crippen molar-refractivity contribution in [3.63, 3.8) is 0 Å². The molecule has 6 heteroatoms. The summed E-state index contributed by atoms with van der Waals surface area (Å²) >= 11 is 3.08. The molecule has 0 saturated heterocycles. The minimum Gasteiger partial charge on any atom is -0.325 e.